The fourth-order valence-corrected chi connectivity index (χ4v) is 19.1. The molecular formula is C20H42OSi4. The Bertz CT molecular complexity index is 542. The summed E-state index contributed by atoms with van der Waals surface area (Å²) in [6.45, 7) is 24.3. The Morgan fingerprint density at radius 1 is 0.640 bits per heavy atom. The number of rotatable bonds is 9. The quantitative estimate of drug-likeness (QED) is 0.455. The maximum atomic E-state index is 6.77. The molecule has 0 amide bonds. The summed E-state index contributed by atoms with van der Waals surface area (Å²) in [5.74, 6) is 0. The molecule has 0 radical (unpaired) electrons. The summed E-state index contributed by atoms with van der Waals surface area (Å²) in [6, 6.07) is 13.6. The lowest BCUT2D eigenvalue weighted by Crippen LogP contribution is -2.48. The van der Waals surface area contributed by atoms with E-state index in [0.717, 1.165) is 0 Å². The van der Waals surface area contributed by atoms with Gasteiger partial charge in [-0.15, -0.1) is 0 Å². The van der Waals surface area contributed by atoms with Gasteiger partial charge in [-0.25, -0.2) is 0 Å². The Kier molecular flexibility index (Phi) is 7.74. The summed E-state index contributed by atoms with van der Waals surface area (Å²) in [6.07, 6.45) is 1.26. The van der Waals surface area contributed by atoms with Crippen molar-refractivity contribution < 1.29 is 4.12 Å². The average Bonchev–Trinajstić information content (AvgIpc) is 2.43. The van der Waals surface area contributed by atoms with Gasteiger partial charge in [-0.2, -0.15) is 0 Å². The van der Waals surface area contributed by atoms with E-state index >= 15 is 0 Å². The first-order valence-electron chi connectivity index (χ1n) is 10.00. The standard InChI is InChI=1S/C20H42OSi4/c1-11-16-24(7,8)21-25(9,10)18-17-23(5,6)20-14-12-19(13-15-20)22(2,3)4/h12-15H,11,16-18H2,1-10H3. The van der Waals surface area contributed by atoms with Crippen molar-refractivity contribution >= 4 is 43.2 Å². The molecular weight excluding hydrogens is 369 g/mol. The average molecular weight is 411 g/mol. The van der Waals surface area contributed by atoms with Crippen molar-refractivity contribution in [1.29, 1.82) is 0 Å². The van der Waals surface area contributed by atoms with Gasteiger partial charge < -0.3 is 4.12 Å². The van der Waals surface area contributed by atoms with Gasteiger partial charge in [0.1, 0.15) is 0 Å². The van der Waals surface area contributed by atoms with Gasteiger partial charge >= 0.3 is 0 Å². The van der Waals surface area contributed by atoms with Crippen molar-refractivity contribution in [3.8, 4) is 0 Å². The third kappa shape index (κ3) is 7.67. The van der Waals surface area contributed by atoms with E-state index < -0.39 is 32.8 Å². The van der Waals surface area contributed by atoms with Crippen molar-refractivity contribution in [3.05, 3.63) is 24.3 Å². The van der Waals surface area contributed by atoms with Crippen LogP contribution in [0.25, 0.3) is 0 Å². The third-order valence-corrected chi connectivity index (χ3v) is 18.8. The van der Waals surface area contributed by atoms with E-state index in [4.69, 9.17) is 4.12 Å². The fourth-order valence-electron chi connectivity index (χ4n) is 3.63. The number of benzene rings is 1. The van der Waals surface area contributed by atoms with Crippen molar-refractivity contribution in [2.75, 3.05) is 0 Å². The highest BCUT2D eigenvalue weighted by Crippen LogP contribution is 2.26. The smallest absolute Gasteiger partial charge is 0.173 e. The second kappa shape index (κ2) is 8.38. The first-order chi connectivity index (χ1) is 11.2. The van der Waals surface area contributed by atoms with E-state index in [1.54, 1.807) is 10.4 Å². The Morgan fingerprint density at radius 3 is 1.52 bits per heavy atom. The highest BCUT2D eigenvalue weighted by atomic mass is 28.4. The van der Waals surface area contributed by atoms with Gasteiger partial charge in [0.2, 0.25) is 0 Å². The van der Waals surface area contributed by atoms with Crippen LogP contribution in [0.2, 0.25) is 77.1 Å². The number of hydrogen-bond acceptors (Lipinski definition) is 1. The fraction of sp³-hybridized carbons (Fsp3) is 0.700. The van der Waals surface area contributed by atoms with E-state index in [9.17, 15) is 0 Å². The highest BCUT2D eigenvalue weighted by molar-refractivity contribution is 6.92. The maximum Gasteiger partial charge on any atom is 0.173 e. The molecule has 0 aliphatic heterocycles. The van der Waals surface area contributed by atoms with Crippen molar-refractivity contribution in [2.24, 2.45) is 0 Å². The summed E-state index contributed by atoms with van der Waals surface area (Å²) < 4.78 is 6.77. The summed E-state index contributed by atoms with van der Waals surface area (Å²) in [5.41, 5.74) is 0. The number of hydrogen-bond donors (Lipinski definition) is 0. The largest absolute Gasteiger partial charge is 0.456 e. The molecule has 0 spiro atoms. The zero-order chi connectivity index (χ0) is 19.5. The monoisotopic (exact) mass is 410 g/mol. The molecule has 0 aromatic heterocycles. The van der Waals surface area contributed by atoms with Crippen LogP contribution in [0.15, 0.2) is 24.3 Å². The predicted octanol–water partition coefficient (Wildman–Crippen LogP) is 5.98. The summed E-state index contributed by atoms with van der Waals surface area (Å²) in [5, 5.41) is 3.19. The minimum Gasteiger partial charge on any atom is -0.456 e. The van der Waals surface area contributed by atoms with Gasteiger partial charge in [0.05, 0.1) is 16.1 Å². The van der Waals surface area contributed by atoms with Crippen LogP contribution in [0.1, 0.15) is 13.3 Å². The minimum absolute atomic E-state index is 1.19. The van der Waals surface area contributed by atoms with E-state index in [2.05, 4.69) is 90.1 Å². The van der Waals surface area contributed by atoms with Crippen molar-refractivity contribution in [3.63, 3.8) is 0 Å². The predicted molar refractivity (Wildman–Crippen MR) is 127 cm³/mol. The molecule has 1 nitrogen and oxygen atoms in total. The Labute approximate surface area is 161 Å². The second-order valence-electron chi connectivity index (χ2n) is 10.6. The van der Waals surface area contributed by atoms with Crippen LogP contribution >= 0.6 is 0 Å². The zero-order valence-corrected chi connectivity index (χ0v) is 22.5. The Morgan fingerprint density at radius 2 is 1.08 bits per heavy atom. The lowest BCUT2D eigenvalue weighted by Gasteiger charge is -2.36. The molecule has 0 N–H and O–H groups in total. The first-order valence-corrected chi connectivity index (χ1v) is 22.9. The van der Waals surface area contributed by atoms with Gasteiger partial charge in [-0.1, -0.05) is 86.8 Å². The van der Waals surface area contributed by atoms with Gasteiger partial charge in [-0.3, -0.25) is 0 Å². The van der Waals surface area contributed by atoms with Crippen LogP contribution in [-0.2, 0) is 4.12 Å². The van der Waals surface area contributed by atoms with Crippen molar-refractivity contribution in [1.82, 2.24) is 0 Å². The SMILES string of the molecule is CCC[Si](C)(C)O[Si](C)(C)CC[Si](C)(C)c1ccc([Si](C)(C)C)cc1. The Hall–Kier alpha value is 0.0475. The normalized spacial score (nSPS) is 14.0. The molecule has 0 aliphatic carbocycles. The van der Waals surface area contributed by atoms with Crippen molar-refractivity contribution in [2.45, 2.75) is 90.4 Å². The van der Waals surface area contributed by atoms with Gasteiger partial charge in [-0.05, 0) is 38.3 Å². The highest BCUT2D eigenvalue weighted by Gasteiger charge is 2.35. The van der Waals surface area contributed by atoms with Crippen LogP contribution in [0.5, 0.6) is 0 Å². The van der Waals surface area contributed by atoms with E-state index in [1.165, 1.54) is 24.6 Å². The van der Waals surface area contributed by atoms with Gasteiger partial charge in [0, 0.05) is 0 Å². The molecule has 0 atom stereocenters. The molecule has 0 fully saturated rings. The molecule has 144 valence electrons. The molecule has 0 heterocycles. The first kappa shape index (κ1) is 23.1. The molecule has 1 aromatic carbocycles. The molecule has 1 aromatic rings. The van der Waals surface area contributed by atoms with Gasteiger partial charge in [0.25, 0.3) is 0 Å². The summed E-state index contributed by atoms with van der Waals surface area (Å²) in [7, 11) is -5.59. The second-order valence-corrected chi connectivity index (χ2v) is 29.4. The van der Waals surface area contributed by atoms with Crippen LogP contribution < -0.4 is 10.4 Å². The van der Waals surface area contributed by atoms with E-state index in [-0.39, 0.29) is 0 Å². The molecule has 0 unspecified atom stereocenters. The lowest BCUT2D eigenvalue weighted by molar-refractivity contribution is 0.537. The topological polar surface area (TPSA) is 9.23 Å². The third-order valence-electron chi connectivity index (χ3n) is 5.29. The van der Waals surface area contributed by atoms with Gasteiger partial charge in [0.15, 0.2) is 16.6 Å². The summed E-state index contributed by atoms with van der Waals surface area (Å²) >= 11 is 0. The lowest BCUT2D eigenvalue weighted by atomic mass is 10.4. The molecule has 0 saturated carbocycles. The zero-order valence-electron chi connectivity index (χ0n) is 18.5. The molecule has 0 saturated heterocycles. The van der Waals surface area contributed by atoms with Crippen LogP contribution in [-0.4, -0.2) is 32.8 Å². The van der Waals surface area contributed by atoms with E-state index in [0.29, 0.717) is 0 Å². The molecule has 5 heteroatoms. The van der Waals surface area contributed by atoms with Crippen LogP contribution in [0.3, 0.4) is 0 Å². The molecule has 25 heavy (non-hydrogen) atoms. The van der Waals surface area contributed by atoms with E-state index in [1.807, 2.05) is 0 Å². The van der Waals surface area contributed by atoms with Crippen LogP contribution in [0, 0.1) is 0 Å². The molecule has 0 bridgehead atoms. The minimum atomic E-state index is -1.56. The molecule has 0 aliphatic rings. The summed E-state index contributed by atoms with van der Waals surface area (Å²) in [4.78, 5) is 0. The van der Waals surface area contributed by atoms with Crippen LogP contribution in [0.4, 0.5) is 0 Å². The molecule has 1 rings (SSSR count). The Balaban J connectivity index is 2.77. The maximum absolute atomic E-state index is 6.77.